The maximum Gasteiger partial charge on any atom is 0.260 e. The normalized spacial score (nSPS) is 14.3. The van der Waals surface area contributed by atoms with E-state index < -0.39 is 0 Å². The van der Waals surface area contributed by atoms with Gasteiger partial charge in [-0.25, -0.2) is 0 Å². The van der Waals surface area contributed by atoms with Crippen LogP contribution in [-0.4, -0.2) is 12.5 Å². The van der Waals surface area contributed by atoms with Crippen LogP contribution in [0.3, 0.4) is 0 Å². The van der Waals surface area contributed by atoms with Crippen LogP contribution in [0.4, 0.5) is 11.4 Å². The number of nitrogens with zero attached hydrogens (tertiary/aromatic N) is 1. The number of carbonyl (C=O) groups is 1. The fourth-order valence-electron chi connectivity index (χ4n) is 2.60. The van der Waals surface area contributed by atoms with E-state index in [-0.39, 0.29) is 5.91 Å². The van der Waals surface area contributed by atoms with Crippen LogP contribution in [0.2, 0.25) is 0 Å². The van der Waals surface area contributed by atoms with Gasteiger partial charge >= 0.3 is 0 Å². The lowest BCUT2D eigenvalue weighted by Gasteiger charge is -2.29. The number of halogens is 1. The van der Waals surface area contributed by atoms with Gasteiger partial charge in [-0.1, -0.05) is 28.1 Å². The van der Waals surface area contributed by atoms with Crippen molar-refractivity contribution in [1.29, 1.82) is 0 Å². The molecule has 20 heavy (non-hydrogen) atoms. The number of benzene rings is 2. The van der Waals surface area contributed by atoms with Gasteiger partial charge in [-0.15, -0.1) is 0 Å². The van der Waals surface area contributed by atoms with Gasteiger partial charge in [0, 0.05) is 22.4 Å². The van der Waals surface area contributed by atoms with Crippen molar-refractivity contribution in [3.8, 4) is 0 Å². The standard InChI is InChI=1S/C16H15BrN2O/c1-10-9-12(5-6-13(10)17)19-8-7-11-3-2-4-14(18)15(11)16(19)20/h2-6,9H,7-8,18H2,1H3. The van der Waals surface area contributed by atoms with E-state index >= 15 is 0 Å². The molecule has 3 nitrogen and oxygen atoms in total. The highest BCUT2D eigenvalue weighted by atomic mass is 79.9. The van der Waals surface area contributed by atoms with E-state index in [1.165, 1.54) is 0 Å². The summed E-state index contributed by atoms with van der Waals surface area (Å²) in [6.45, 7) is 2.71. The number of hydrogen-bond acceptors (Lipinski definition) is 2. The molecule has 0 unspecified atom stereocenters. The molecule has 1 amide bonds. The Morgan fingerprint density at radius 3 is 2.80 bits per heavy atom. The van der Waals surface area contributed by atoms with Gasteiger partial charge in [0.2, 0.25) is 0 Å². The summed E-state index contributed by atoms with van der Waals surface area (Å²) in [5, 5.41) is 0. The third-order valence-electron chi connectivity index (χ3n) is 3.70. The molecule has 3 rings (SSSR count). The van der Waals surface area contributed by atoms with Crippen molar-refractivity contribution in [2.75, 3.05) is 17.2 Å². The Kier molecular flexibility index (Phi) is 3.26. The summed E-state index contributed by atoms with van der Waals surface area (Å²) in [6.07, 6.45) is 0.835. The zero-order valence-corrected chi connectivity index (χ0v) is 12.8. The van der Waals surface area contributed by atoms with Crippen LogP contribution < -0.4 is 10.6 Å². The minimum absolute atomic E-state index is 0.00827. The average Bonchev–Trinajstić information content (AvgIpc) is 2.42. The highest BCUT2D eigenvalue weighted by Gasteiger charge is 2.27. The third-order valence-corrected chi connectivity index (χ3v) is 4.59. The first-order valence-electron chi connectivity index (χ1n) is 6.53. The molecule has 0 fully saturated rings. The molecular weight excluding hydrogens is 316 g/mol. The van der Waals surface area contributed by atoms with Crippen molar-refractivity contribution in [2.24, 2.45) is 0 Å². The highest BCUT2D eigenvalue weighted by Crippen LogP contribution is 2.30. The van der Waals surface area contributed by atoms with E-state index in [9.17, 15) is 4.79 Å². The number of rotatable bonds is 1. The Labute approximate surface area is 126 Å². The molecule has 2 aromatic rings. The predicted octanol–water partition coefficient (Wildman–Crippen LogP) is 3.54. The Bertz CT molecular complexity index is 697. The second-order valence-corrected chi connectivity index (χ2v) is 5.88. The number of fused-ring (bicyclic) bond motifs is 1. The van der Waals surface area contributed by atoms with Crippen molar-refractivity contribution < 1.29 is 4.79 Å². The molecule has 2 aromatic carbocycles. The quantitative estimate of drug-likeness (QED) is 0.813. The molecule has 102 valence electrons. The number of amides is 1. The Hall–Kier alpha value is -1.81. The fraction of sp³-hybridized carbons (Fsp3) is 0.188. The van der Waals surface area contributed by atoms with Crippen molar-refractivity contribution in [3.05, 3.63) is 57.6 Å². The first-order chi connectivity index (χ1) is 9.58. The minimum Gasteiger partial charge on any atom is -0.398 e. The lowest BCUT2D eigenvalue weighted by molar-refractivity contribution is 0.0981. The number of carbonyl (C=O) groups excluding carboxylic acids is 1. The minimum atomic E-state index is -0.00827. The van der Waals surface area contributed by atoms with Gasteiger partial charge in [-0.05, 0) is 48.7 Å². The van der Waals surface area contributed by atoms with Crippen LogP contribution in [0.5, 0.6) is 0 Å². The highest BCUT2D eigenvalue weighted by molar-refractivity contribution is 9.10. The zero-order valence-electron chi connectivity index (χ0n) is 11.2. The maximum absolute atomic E-state index is 12.7. The molecule has 1 heterocycles. The Morgan fingerprint density at radius 1 is 1.25 bits per heavy atom. The van der Waals surface area contributed by atoms with Gasteiger partial charge in [0.25, 0.3) is 5.91 Å². The maximum atomic E-state index is 12.7. The predicted molar refractivity (Wildman–Crippen MR) is 85.1 cm³/mol. The number of nitrogen functional groups attached to an aromatic ring is 1. The van der Waals surface area contributed by atoms with Gasteiger partial charge in [0.1, 0.15) is 0 Å². The van der Waals surface area contributed by atoms with E-state index in [1.54, 1.807) is 11.0 Å². The summed E-state index contributed by atoms with van der Waals surface area (Å²) >= 11 is 3.48. The summed E-state index contributed by atoms with van der Waals surface area (Å²) in [7, 11) is 0. The second-order valence-electron chi connectivity index (χ2n) is 5.02. The Balaban J connectivity index is 2.04. The van der Waals surface area contributed by atoms with E-state index in [2.05, 4.69) is 15.9 Å². The fourth-order valence-corrected chi connectivity index (χ4v) is 2.85. The number of anilines is 2. The lowest BCUT2D eigenvalue weighted by atomic mass is 9.97. The monoisotopic (exact) mass is 330 g/mol. The lowest BCUT2D eigenvalue weighted by Crippen LogP contribution is -2.38. The first-order valence-corrected chi connectivity index (χ1v) is 7.32. The third kappa shape index (κ3) is 2.10. The molecule has 0 radical (unpaired) electrons. The van der Waals surface area contributed by atoms with Gasteiger partial charge in [0.05, 0.1) is 5.56 Å². The second kappa shape index (κ2) is 4.94. The van der Waals surface area contributed by atoms with Crippen LogP contribution in [0.1, 0.15) is 21.5 Å². The van der Waals surface area contributed by atoms with Crippen LogP contribution in [0.15, 0.2) is 40.9 Å². The van der Waals surface area contributed by atoms with Gasteiger partial charge < -0.3 is 10.6 Å². The summed E-state index contributed by atoms with van der Waals surface area (Å²) in [5.41, 5.74) is 10.3. The van der Waals surface area contributed by atoms with E-state index in [1.807, 2.05) is 37.3 Å². The summed E-state index contributed by atoms with van der Waals surface area (Å²) < 4.78 is 1.05. The molecule has 0 spiro atoms. The molecule has 1 aliphatic rings. The average molecular weight is 331 g/mol. The number of hydrogen-bond donors (Lipinski definition) is 1. The summed E-state index contributed by atoms with van der Waals surface area (Å²) in [5.74, 6) is -0.00827. The van der Waals surface area contributed by atoms with Gasteiger partial charge in [-0.2, -0.15) is 0 Å². The summed E-state index contributed by atoms with van der Waals surface area (Å²) in [4.78, 5) is 14.5. The van der Waals surface area contributed by atoms with Gasteiger partial charge in [0.15, 0.2) is 0 Å². The topological polar surface area (TPSA) is 46.3 Å². The molecule has 2 N–H and O–H groups in total. The molecule has 0 aliphatic carbocycles. The van der Waals surface area contributed by atoms with Crippen LogP contribution in [-0.2, 0) is 6.42 Å². The Morgan fingerprint density at radius 2 is 2.05 bits per heavy atom. The van der Waals surface area contributed by atoms with Crippen LogP contribution in [0, 0.1) is 6.92 Å². The molecule has 0 aromatic heterocycles. The molecular formula is C16H15BrN2O. The van der Waals surface area contributed by atoms with Crippen LogP contribution in [0.25, 0.3) is 0 Å². The van der Waals surface area contributed by atoms with Gasteiger partial charge in [-0.3, -0.25) is 4.79 Å². The molecule has 0 atom stereocenters. The molecule has 0 bridgehead atoms. The smallest absolute Gasteiger partial charge is 0.260 e. The van der Waals surface area contributed by atoms with E-state index in [4.69, 9.17) is 5.73 Å². The SMILES string of the molecule is Cc1cc(N2CCc3cccc(N)c3C2=O)ccc1Br. The molecule has 0 saturated heterocycles. The number of aryl methyl sites for hydroxylation is 1. The first kappa shape index (κ1) is 13.2. The van der Waals surface area contributed by atoms with Crippen molar-refractivity contribution in [1.82, 2.24) is 0 Å². The summed E-state index contributed by atoms with van der Waals surface area (Å²) in [6, 6.07) is 11.6. The van der Waals surface area contributed by atoms with Crippen molar-refractivity contribution in [3.63, 3.8) is 0 Å². The van der Waals surface area contributed by atoms with E-state index in [0.717, 1.165) is 27.7 Å². The zero-order chi connectivity index (χ0) is 14.3. The largest absolute Gasteiger partial charge is 0.398 e. The van der Waals surface area contributed by atoms with Crippen molar-refractivity contribution >= 4 is 33.2 Å². The molecule has 1 aliphatic heterocycles. The van der Waals surface area contributed by atoms with E-state index in [0.29, 0.717) is 17.8 Å². The number of nitrogens with two attached hydrogens (primary N) is 1. The molecule has 0 saturated carbocycles. The molecule has 4 heteroatoms. The van der Waals surface area contributed by atoms with Crippen molar-refractivity contribution in [2.45, 2.75) is 13.3 Å². The van der Waals surface area contributed by atoms with Crippen LogP contribution >= 0.6 is 15.9 Å².